The zero-order chi connectivity index (χ0) is 13.0. The van der Waals surface area contributed by atoms with Gasteiger partial charge in [-0.25, -0.2) is 4.79 Å². The van der Waals surface area contributed by atoms with Crippen LogP contribution in [0.5, 0.6) is 5.75 Å². The van der Waals surface area contributed by atoms with E-state index in [1.165, 1.54) is 18.3 Å². The van der Waals surface area contributed by atoms with Gasteiger partial charge in [0.25, 0.3) is 0 Å². The Labute approximate surface area is 105 Å². The van der Waals surface area contributed by atoms with Crippen LogP contribution in [0.25, 0.3) is 0 Å². The van der Waals surface area contributed by atoms with Crippen molar-refractivity contribution in [3.05, 3.63) is 28.8 Å². The van der Waals surface area contributed by atoms with E-state index in [9.17, 15) is 9.90 Å². The minimum absolute atomic E-state index is 0.0195. The maximum absolute atomic E-state index is 10.9. The third-order valence-electron chi connectivity index (χ3n) is 2.25. The van der Waals surface area contributed by atoms with Crippen LogP contribution in [0.4, 0.5) is 0 Å². The Morgan fingerprint density at radius 1 is 1.47 bits per heavy atom. The van der Waals surface area contributed by atoms with Crippen molar-refractivity contribution in [3.63, 3.8) is 0 Å². The van der Waals surface area contributed by atoms with Crippen molar-refractivity contribution < 1.29 is 15.0 Å². The molecule has 2 N–H and O–H groups in total. The predicted molar refractivity (Wildman–Crippen MR) is 67.0 cm³/mol. The molecule has 0 unspecified atom stereocenters. The average molecular weight is 256 g/mol. The molecule has 0 radical (unpaired) electrons. The molecule has 0 saturated heterocycles. The number of phenols is 1. The largest absolute Gasteiger partial charge is 0.507 e. The molecular formula is C12H14ClNO3. The SMILES string of the molecule is CC(C)[C@H](N=Cc1cc(Cl)ccc1O)C(=O)O. The summed E-state index contributed by atoms with van der Waals surface area (Å²) in [7, 11) is 0. The maximum Gasteiger partial charge on any atom is 0.328 e. The number of aromatic hydroxyl groups is 1. The molecule has 0 aliphatic carbocycles. The highest BCUT2D eigenvalue weighted by atomic mass is 35.5. The molecule has 5 heteroatoms. The van der Waals surface area contributed by atoms with Crippen LogP contribution < -0.4 is 0 Å². The maximum atomic E-state index is 10.9. The van der Waals surface area contributed by atoms with Gasteiger partial charge in [0.05, 0.1) is 0 Å². The van der Waals surface area contributed by atoms with Crippen LogP contribution in [0.3, 0.4) is 0 Å². The van der Waals surface area contributed by atoms with Gasteiger partial charge in [-0.15, -0.1) is 0 Å². The van der Waals surface area contributed by atoms with Gasteiger partial charge in [0, 0.05) is 16.8 Å². The van der Waals surface area contributed by atoms with Crippen molar-refractivity contribution in [3.8, 4) is 5.75 Å². The number of rotatable bonds is 4. The van der Waals surface area contributed by atoms with E-state index >= 15 is 0 Å². The lowest BCUT2D eigenvalue weighted by Gasteiger charge is -2.10. The molecule has 0 aliphatic rings. The van der Waals surface area contributed by atoms with Crippen LogP contribution in [0.15, 0.2) is 23.2 Å². The number of aliphatic carboxylic acids is 1. The highest BCUT2D eigenvalue weighted by Gasteiger charge is 2.19. The van der Waals surface area contributed by atoms with Gasteiger partial charge >= 0.3 is 5.97 Å². The van der Waals surface area contributed by atoms with Crippen LogP contribution in [-0.4, -0.2) is 28.4 Å². The monoisotopic (exact) mass is 255 g/mol. The van der Waals surface area contributed by atoms with Crippen molar-refractivity contribution in [1.29, 1.82) is 0 Å². The molecule has 0 bridgehead atoms. The van der Waals surface area contributed by atoms with E-state index in [0.717, 1.165) is 0 Å². The summed E-state index contributed by atoms with van der Waals surface area (Å²) < 4.78 is 0. The molecule has 0 spiro atoms. The molecule has 0 saturated carbocycles. The van der Waals surface area contributed by atoms with Crippen molar-refractivity contribution in [2.24, 2.45) is 10.9 Å². The number of phenolic OH excluding ortho intramolecular Hbond substituents is 1. The number of carbonyl (C=O) groups is 1. The van der Waals surface area contributed by atoms with Gasteiger partial charge in [0.2, 0.25) is 0 Å². The summed E-state index contributed by atoms with van der Waals surface area (Å²) in [6.45, 7) is 3.54. The lowest BCUT2D eigenvalue weighted by atomic mass is 10.1. The molecule has 0 fully saturated rings. The number of carboxylic acid groups (broad SMARTS) is 1. The van der Waals surface area contributed by atoms with Crippen LogP contribution in [0.1, 0.15) is 19.4 Å². The number of nitrogens with zero attached hydrogens (tertiary/aromatic N) is 1. The Kier molecular flexibility index (Phi) is 4.52. The molecule has 0 aliphatic heterocycles. The molecule has 17 heavy (non-hydrogen) atoms. The second kappa shape index (κ2) is 5.68. The van der Waals surface area contributed by atoms with Crippen molar-refractivity contribution in [1.82, 2.24) is 0 Å². The third kappa shape index (κ3) is 3.75. The molecule has 1 rings (SSSR count). The quantitative estimate of drug-likeness (QED) is 0.813. The molecule has 0 amide bonds. The summed E-state index contributed by atoms with van der Waals surface area (Å²) in [5.41, 5.74) is 0.407. The summed E-state index contributed by atoms with van der Waals surface area (Å²) in [6, 6.07) is 3.69. The van der Waals surface area contributed by atoms with E-state index in [4.69, 9.17) is 16.7 Å². The summed E-state index contributed by atoms with van der Waals surface area (Å²) in [4.78, 5) is 14.9. The van der Waals surface area contributed by atoms with Gasteiger partial charge in [-0.05, 0) is 24.1 Å². The summed E-state index contributed by atoms with van der Waals surface area (Å²) in [6.07, 6.45) is 1.33. The van der Waals surface area contributed by atoms with Crippen LogP contribution >= 0.6 is 11.6 Å². The van der Waals surface area contributed by atoms with Gasteiger partial charge < -0.3 is 10.2 Å². The first-order valence-electron chi connectivity index (χ1n) is 5.16. The highest BCUT2D eigenvalue weighted by molar-refractivity contribution is 6.30. The topological polar surface area (TPSA) is 69.9 Å². The molecule has 1 atom stereocenters. The van der Waals surface area contributed by atoms with Gasteiger partial charge in [-0.2, -0.15) is 0 Å². The Morgan fingerprint density at radius 2 is 2.12 bits per heavy atom. The van der Waals surface area contributed by atoms with Crippen molar-refractivity contribution in [2.45, 2.75) is 19.9 Å². The lowest BCUT2D eigenvalue weighted by molar-refractivity contribution is -0.139. The standard InChI is InChI=1S/C12H14ClNO3/c1-7(2)11(12(16)17)14-6-8-5-9(13)3-4-10(8)15/h3-7,11,15H,1-2H3,(H,16,17)/t11-/m0/s1. The molecule has 4 nitrogen and oxygen atoms in total. The first kappa shape index (κ1) is 13.5. The summed E-state index contributed by atoms with van der Waals surface area (Å²) in [5, 5.41) is 18.9. The fraction of sp³-hybridized carbons (Fsp3) is 0.333. The first-order chi connectivity index (χ1) is 7.91. The molecule has 0 heterocycles. The van der Waals surface area contributed by atoms with Gasteiger partial charge in [-0.1, -0.05) is 25.4 Å². The van der Waals surface area contributed by atoms with Crippen LogP contribution in [-0.2, 0) is 4.79 Å². The zero-order valence-corrected chi connectivity index (χ0v) is 10.3. The van der Waals surface area contributed by atoms with Crippen LogP contribution in [0, 0.1) is 5.92 Å². The van der Waals surface area contributed by atoms with E-state index < -0.39 is 12.0 Å². The Balaban J connectivity index is 2.95. The molecule has 92 valence electrons. The fourth-order valence-corrected chi connectivity index (χ4v) is 1.49. The number of hydrogen-bond donors (Lipinski definition) is 2. The Hall–Kier alpha value is -1.55. The van der Waals surface area contributed by atoms with E-state index in [-0.39, 0.29) is 11.7 Å². The number of benzene rings is 1. The Morgan fingerprint density at radius 3 is 2.65 bits per heavy atom. The van der Waals surface area contributed by atoms with Crippen molar-refractivity contribution in [2.75, 3.05) is 0 Å². The molecular weight excluding hydrogens is 242 g/mol. The van der Waals surface area contributed by atoms with Crippen LogP contribution in [0.2, 0.25) is 5.02 Å². The number of aliphatic imine (C=N–C) groups is 1. The molecule has 0 aromatic heterocycles. The van der Waals surface area contributed by atoms with Gasteiger partial charge in [0.15, 0.2) is 0 Å². The Bertz CT molecular complexity index is 443. The van der Waals surface area contributed by atoms with E-state index in [0.29, 0.717) is 10.6 Å². The fourth-order valence-electron chi connectivity index (χ4n) is 1.31. The van der Waals surface area contributed by atoms with Crippen molar-refractivity contribution >= 4 is 23.8 Å². The zero-order valence-electron chi connectivity index (χ0n) is 9.59. The smallest absolute Gasteiger partial charge is 0.328 e. The first-order valence-corrected chi connectivity index (χ1v) is 5.54. The average Bonchev–Trinajstić information content (AvgIpc) is 2.22. The predicted octanol–water partition coefficient (Wildman–Crippen LogP) is 2.57. The van der Waals surface area contributed by atoms with E-state index in [2.05, 4.69) is 4.99 Å². The van der Waals surface area contributed by atoms with Gasteiger partial charge in [0.1, 0.15) is 11.8 Å². The second-order valence-electron chi connectivity index (χ2n) is 4.01. The van der Waals surface area contributed by atoms with E-state index in [1.807, 2.05) is 0 Å². The minimum Gasteiger partial charge on any atom is -0.507 e. The third-order valence-corrected chi connectivity index (χ3v) is 2.48. The summed E-state index contributed by atoms with van der Waals surface area (Å²) >= 11 is 5.77. The lowest BCUT2D eigenvalue weighted by Crippen LogP contribution is -2.24. The normalized spacial score (nSPS) is 13.2. The highest BCUT2D eigenvalue weighted by Crippen LogP contribution is 2.20. The number of halogens is 1. The van der Waals surface area contributed by atoms with E-state index in [1.54, 1.807) is 19.9 Å². The second-order valence-corrected chi connectivity index (χ2v) is 4.44. The van der Waals surface area contributed by atoms with Gasteiger partial charge in [-0.3, -0.25) is 4.99 Å². The summed E-state index contributed by atoms with van der Waals surface area (Å²) in [5.74, 6) is -1.09. The minimum atomic E-state index is -0.988. The number of carboxylic acids is 1. The molecule has 1 aromatic carbocycles. The molecule has 1 aromatic rings. The number of hydrogen-bond acceptors (Lipinski definition) is 3.